The predicted octanol–water partition coefficient (Wildman–Crippen LogP) is 4.72. The minimum absolute atomic E-state index is 0.782. The summed E-state index contributed by atoms with van der Waals surface area (Å²) in [4.78, 5) is 0. The Morgan fingerprint density at radius 1 is 1.00 bits per heavy atom. The summed E-state index contributed by atoms with van der Waals surface area (Å²) in [6.07, 6.45) is 9.89. The van der Waals surface area contributed by atoms with Crippen molar-refractivity contribution in [3.05, 3.63) is 34.9 Å². The molecular weight excluding hydrogens is 242 g/mol. The molecule has 0 heterocycles. The summed E-state index contributed by atoms with van der Waals surface area (Å²) in [5.41, 5.74) is 4.53. The molecule has 2 atom stereocenters. The number of benzene rings is 1. The van der Waals surface area contributed by atoms with Gasteiger partial charge >= 0.3 is 0 Å². The van der Waals surface area contributed by atoms with E-state index in [1.807, 2.05) is 0 Å². The molecule has 1 heteroatoms. The van der Waals surface area contributed by atoms with E-state index >= 15 is 0 Å². The minimum Gasteiger partial charge on any atom is -0.314 e. The Morgan fingerprint density at radius 2 is 1.80 bits per heavy atom. The second kappa shape index (κ2) is 6.30. The molecule has 3 rings (SSSR count). The van der Waals surface area contributed by atoms with Crippen LogP contribution in [0.2, 0.25) is 0 Å². The number of hydrogen-bond acceptors (Lipinski definition) is 1. The minimum atomic E-state index is 0.782. The Hall–Kier alpha value is -0.820. The van der Waals surface area contributed by atoms with Gasteiger partial charge in [-0.2, -0.15) is 0 Å². The molecule has 20 heavy (non-hydrogen) atoms. The van der Waals surface area contributed by atoms with Crippen LogP contribution in [-0.4, -0.2) is 12.6 Å². The van der Waals surface area contributed by atoms with Crippen molar-refractivity contribution < 1.29 is 0 Å². The molecule has 0 amide bonds. The number of hydrogen-bond donors (Lipinski definition) is 1. The topological polar surface area (TPSA) is 12.0 Å². The van der Waals surface area contributed by atoms with Gasteiger partial charge in [-0.15, -0.1) is 0 Å². The standard InChI is InChI=1S/C19H29N/c1-14-8-11-18(15(2)12-14)19-7-5-3-4-6-16(19)13-20-17-9-10-17/h8,11-12,16-17,19-20H,3-7,9-10,13H2,1-2H3. The maximum absolute atomic E-state index is 3.78. The number of rotatable bonds is 4. The summed E-state index contributed by atoms with van der Waals surface area (Å²) in [7, 11) is 0. The van der Waals surface area contributed by atoms with E-state index in [4.69, 9.17) is 0 Å². The van der Waals surface area contributed by atoms with Gasteiger partial charge in [0.1, 0.15) is 0 Å². The normalized spacial score (nSPS) is 27.3. The fraction of sp³-hybridized carbons (Fsp3) is 0.684. The Labute approximate surface area is 124 Å². The first-order valence-corrected chi connectivity index (χ1v) is 8.54. The van der Waals surface area contributed by atoms with Crippen molar-refractivity contribution in [3.63, 3.8) is 0 Å². The number of aryl methyl sites for hydroxylation is 2. The summed E-state index contributed by atoms with van der Waals surface area (Å²) in [6.45, 7) is 5.75. The molecule has 2 aliphatic rings. The molecule has 1 aromatic carbocycles. The van der Waals surface area contributed by atoms with Gasteiger partial charge in [-0.3, -0.25) is 0 Å². The molecule has 110 valence electrons. The Kier molecular flexibility index (Phi) is 4.45. The van der Waals surface area contributed by atoms with Crippen molar-refractivity contribution in [2.24, 2.45) is 5.92 Å². The summed E-state index contributed by atoms with van der Waals surface area (Å²) >= 11 is 0. The lowest BCUT2D eigenvalue weighted by molar-refractivity contribution is 0.373. The molecule has 0 radical (unpaired) electrons. The molecule has 0 saturated heterocycles. The highest BCUT2D eigenvalue weighted by Gasteiger charge is 2.28. The largest absolute Gasteiger partial charge is 0.314 e. The molecule has 0 aromatic heterocycles. The van der Waals surface area contributed by atoms with Crippen LogP contribution in [0.5, 0.6) is 0 Å². The lowest BCUT2D eigenvalue weighted by Crippen LogP contribution is -2.28. The molecule has 0 spiro atoms. The van der Waals surface area contributed by atoms with Crippen LogP contribution in [0.4, 0.5) is 0 Å². The zero-order chi connectivity index (χ0) is 13.9. The van der Waals surface area contributed by atoms with Crippen LogP contribution in [0.1, 0.15) is 67.6 Å². The fourth-order valence-corrected chi connectivity index (χ4v) is 3.89. The maximum Gasteiger partial charge on any atom is 0.00683 e. The van der Waals surface area contributed by atoms with Crippen LogP contribution in [0, 0.1) is 19.8 Å². The highest BCUT2D eigenvalue weighted by molar-refractivity contribution is 5.33. The van der Waals surface area contributed by atoms with Gasteiger partial charge in [-0.1, -0.05) is 43.0 Å². The summed E-state index contributed by atoms with van der Waals surface area (Å²) in [6, 6.07) is 7.92. The van der Waals surface area contributed by atoms with Crippen LogP contribution < -0.4 is 5.32 Å². The van der Waals surface area contributed by atoms with Crippen molar-refractivity contribution >= 4 is 0 Å². The van der Waals surface area contributed by atoms with Crippen LogP contribution in [0.15, 0.2) is 18.2 Å². The first kappa shape index (κ1) is 14.1. The Balaban J connectivity index is 1.77. The van der Waals surface area contributed by atoms with Gasteiger partial charge in [0.15, 0.2) is 0 Å². The van der Waals surface area contributed by atoms with Crippen molar-refractivity contribution in [1.29, 1.82) is 0 Å². The third-order valence-electron chi connectivity index (χ3n) is 5.23. The average molecular weight is 271 g/mol. The van der Waals surface area contributed by atoms with Gasteiger partial charge in [0.2, 0.25) is 0 Å². The molecule has 2 saturated carbocycles. The molecule has 2 fully saturated rings. The van der Waals surface area contributed by atoms with Crippen LogP contribution in [0.3, 0.4) is 0 Å². The second-order valence-electron chi connectivity index (χ2n) is 7.05. The predicted molar refractivity (Wildman–Crippen MR) is 86.3 cm³/mol. The lowest BCUT2D eigenvalue weighted by Gasteiger charge is -2.27. The van der Waals surface area contributed by atoms with E-state index in [2.05, 4.69) is 37.4 Å². The molecule has 2 unspecified atom stereocenters. The molecule has 1 nitrogen and oxygen atoms in total. The van der Waals surface area contributed by atoms with E-state index in [9.17, 15) is 0 Å². The summed E-state index contributed by atoms with van der Waals surface area (Å²) in [5, 5.41) is 3.78. The molecule has 1 N–H and O–H groups in total. The van der Waals surface area contributed by atoms with Crippen molar-refractivity contribution in [2.45, 2.75) is 70.8 Å². The van der Waals surface area contributed by atoms with Gasteiger partial charge in [-0.25, -0.2) is 0 Å². The highest BCUT2D eigenvalue weighted by atomic mass is 14.9. The van der Waals surface area contributed by atoms with E-state index in [-0.39, 0.29) is 0 Å². The first-order chi connectivity index (χ1) is 9.74. The summed E-state index contributed by atoms with van der Waals surface area (Å²) < 4.78 is 0. The maximum atomic E-state index is 3.78. The van der Waals surface area contributed by atoms with Crippen molar-refractivity contribution in [2.75, 3.05) is 6.54 Å². The van der Waals surface area contributed by atoms with Gasteiger partial charge in [0.05, 0.1) is 0 Å². The highest BCUT2D eigenvalue weighted by Crippen LogP contribution is 2.38. The first-order valence-electron chi connectivity index (χ1n) is 8.54. The zero-order valence-electron chi connectivity index (χ0n) is 13.1. The van der Waals surface area contributed by atoms with Gasteiger partial charge in [-0.05, 0) is 69.0 Å². The van der Waals surface area contributed by atoms with Crippen LogP contribution in [0.25, 0.3) is 0 Å². The molecular formula is C19H29N. The SMILES string of the molecule is Cc1ccc(C2CCCCCC2CNC2CC2)c(C)c1. The van der Waals surface area contributed by atoms with E-state index in [1.54, 1.807) is 5.56 Å². The zero-order valence-corrected chi connectivity index (χ0v) is 13.1. The number of nitrogens with one attached hydrogen (secondary N) is 1. The van der Waals surface area contributed by atoms with Crippen molar-refractivity contribution in [3.8, 4) is 0 Å². The van der Waals surface area contributed by atoms with E-state index in [0.717, 1.165) is 17.9 Å². The summed E-state index contributed by atoms with van der Waals surface area (Å²) in [5.74, 6) is 1.63. The molecule has 0 bridgehead atoms. The molecule has 1 aromatic rings. The average Bonchev–Trinajstić information content (AvgIpc) is 3.23. The van der Waals surface area contributed by atoms with Crippen molar-refractivity contribution in [1.82, 2.24) is 5.32 Å². The second-order valence-corrected chi connectivity index (χ2v) is 7.05. The quantitative estimate of drug-likeness (QED) is 0.781. The van der Waals surface area contributed by atoms with E-state index < -0.39 is 0 Å². The lowest BCUT2D eigenvalue weighted by atomic mass is 9.80. The van der Waals surface area contributed by atoms with Gasteiger partial charge < -0.3 is 5.32 Å². The van der Waals surface area contributed by atoms with E-state index in [1.165, 1.54) is 62.6 Å². The van der Waals surface area contributed by atoms with Gasteiger partial charge in [0.25, 0.3) is 0 Å². The Bertz CT molecular complexity index is 447. The van der Waals surface area contributed by atoms with Crippen LogP contribution in [-0.2, 0) is 0 Å². The van der Waals surface area contributed by atoms with Gasteiger partial charge in [0, 0.05) is 6.04 Å². The van der Waals surface area contributed by atoms with E-state index in [0.29, 0.717) is 0 Å². The van der Waals surface area contributed by atoms with Crippen LogP contribution >= 0.6 is 0 Å². The smallest absolute Gasteiger partial charge is 0.00683 e. The molecule has 0 aliphatic heterocycles. The third kappa shape index (κ3) is 3.44. The Morgan fingerprint density at radius 3 is 2.55 bits per heavy atom. The monoisotopic (exact) mass is 271 g/mol. The fourth-order valence-electron chi connectivity index (χ4n) is 3.89. The molecule has 2 aliphatic carbocycles. The third-order valence-corrected chi connectivity index (χ3v) is 5.23.